The van der Waals surface area contributed by atoms with Crippen LogP contribution in [0.4, 0.5) is 0 Å². The first-order valence-electron chi connectivity index (χ1n) is 6.00. The van der Waals surface area contributed by atoms with Crippen LogP contribution in [-0.2, 0) is 0 Å². The van der Waals surface area contributed by atoms with Crippen LogP contribution in [0.3, 0.4) is 0 Å². The number of benzene rings is 3. The van der Waals surface area contributed by atoms with Crippen molar-refractivity contribution in [2.24, 2.45) is 0 Å². The van der Waals surface area contributed by atoms with Crippen molar-refractivity contribution in [2.45, 2.75) is 12.5 Å². The molecule has 0 fully saturated rings. The Kier molecular flexibility index (Phi) is 1.67. The molecular formula is C16H12N. The van der Waals surface area contributed by atoms with Crippen molar-refractivity contribution in [3.8, 4) is 0 Å². The van der Waals surface area contributed by atoms with Gasteiger partial charge in [0.05, 0.1) is 6.04 Å². The molecule has 3 aromatic carbocycles. The minimum absolute atomic E-state index is 0.0993. The monoisotopic (exact) mass is 218 g/mol. The van der Waals surface area contributed by atoms with Crippen LogP contribution in [0.5, 0.6) is 0 Å². The molecule has 0 spiro atoms. The van der Waals surface area contributed by atoms with Gasteiger partial charge in [-0.25, -0.2) is 5.73 Å². The van der Waals surface area contributed by atoms with Crippen LogP contribution in [0.25, 0.3) is 27.6 Å². The molecule has 1 nitrogen and oxygen atoms in total. The van der Waals surface area contributed by atoms with Crippen LogP contribution in [0, 0.1) is 0 Å². The summed E-state index contributed by atoms with van der Waals surface area (Å²) in [6, 6.07) is 15.0. The Morgan fingerprint density at radius 2 is 1.65 bits per heavy atom. The zero-order chi connectivity index (χ0) is 11.4. The summed E-state index contributed by atoms with van der Waals surface area (Å²) in [7, 11) is 0. The van der Waals surface area contributed by atoms with Gasteiger partial charge in [-0.1, -0.05) is 48.5 Å². The summed E-state index contributed by atoms with van der Waals surface area (Å²) >= 11 is 0. The molecule has 1 aliphatic rings. The summed E-state index contributed by atoms with van der Waals surface area (Å²) in [6.07, 6.45) is 3.03. The van der Waals surface area contributed by atoms with E-state index in [1.54, 1.807) is 0 Å². The van der Waals surface area contributed by atoms with Gasteiger partial charge in [0.15, 0.2) is 0 Å². The first kappa shape index (κ1) is 9.20. The maximum Gasteiger partial charge on any atom is 0.0503 e. The minimum atomic E-state index is -0.0993. The molecule has 0 amide bonds. The largest absolute Gasteiger partial charge is 0.249 e. The molecule has 0 heterocycles. The van der Waals surface area contributed by atoms with Gasteiger partial charge in [0.2, 0.25) is 0 Å². The first-order valence-corrected chi connectivity index (χ1v) is 6.00. The van der Waals surface area contributed by atoms with Crippen molar-refractivity contribution in [3.63, 3.8) is 0 Å². The normalized spacial score (nSPS) is 18.5. The zero-order valence-corrected chi connectivity index (χ0v) is 9.40. The second-order valence-corrected chi connectivity index (χ2v) is 4.76. The molecule has 1 N–H and O–H groups in total. The lowest BCUT2D eigenvalue weighted by Gasteiger charge is -2.19. The van der Waals surface area contributed by atoms with E-state index in [2.05, 4.69) is 48.5 Å². The van der Waals surface area contributed by atoms with Crippen LogP contribution in [0.1, 0.15) is 18.0 Å². The lowest BCUT2D eigenvalue weighted by Crippen LogP contribution is -2.14. The van der Waals surface area contributed by atoms with Crippen LogP contribution in [0.15, 0.2) is 42.5 Å². The third-order valence-electron chi connectivity index (χ3n) is 3.79. The second-order valence-electron chi connectivity index (χ2n) is 4.76. The molecule has 1 unspecified atom stereocenters. The van der Waals surface area contributed by atoms with E-state index in [0.717, 1.165) is 6.42 Å². The summed E-state index contributed by atoms with van der Waals surface area (Å²) in [6.45, 7) is 0. The van der Waals surface area contributed by atoms with Gasteiger partial charge in [-0.15, -0.1) is 0 Å². The van der Waals surface area contributed by atoms with Gasteiger partial charge in [-0.2, -0.15) is 0 Å². The molecule has 1 aliphatic carbocycles. The Morgan fingerprint density at radius 1 is 0.882 bits per heavy atom. The number of hydrogen-bond acceptors (Lipinski definition) is 0. The third kappa shape index (κ3) is 1.12. The van der Waals surface area contributed by atoms with Crippen LogP contribution < -0.4 is 11.0 Å². The quantitative estimate of drug-likeness (QED) is 0.553. The van der Waals surface area contributed by atoms with E-state index in [1.807, 2.05) is 0 Å². The van der Waals surface area contributed by atoms with Crippen molar-refractivity contribution in [1.82, 2.24) is 5.73 Å². The predicted octanol–water partition coefficient (Wildman–Crippen LogP) is 3.22. The van der Waals surface area contributed by atoms with Gasteiger partial charge < -0.3 is 0 Å². The Morgan fingerprint density at radius 3 is 2.47 bits per heavy atom. The summed E-state index contributed by atoms with van der Waals surface area (Å²) in [5, 5.41) is 6.49. The average molecular weight is 218 g/mol. The van der Waals surface area contributed by atoms with Gasteiger partial charge >= 0.3 is 0 Å². The van der Waals surface area contributed by atoms with E-state index >= 15 is 0 Å². The molecule has 0 aliphatic heterocycles. The Labute approximate surface area is 99.5 Å². The first-order chi connectivity index (χ1) is 8.34. The lowest BCUT2D eigenvalue weighted by atomic mass is 9.88. The zero-order valence-electron chi connectivity index (χ0n) is 9.40. The molecule has 0 aromatic heterocycles. The number of hydrogen-bond donors (Lipinski definition) is 0. The molecule has 0 saturated heterocycles. The van der Waals surface area contributed by atoms with Crippen molar-refractivity contribution >= 4 is 27.6 Å². The molecule has 4 rings (SSSR count). The molecule has 1 atom stereocenters. The summed E-state index contributed by atoms with van der Waals surface area (Å²) in [4.78, 5) is 0. The van der Waals surface area contributed by atoms with Gasteiger partial charge in [0.25, 0.3) is 0 Å². The molecule has 3 aromatic rings. The highest BCUT2D eigenvalue weighted by molar-refractivity contribution is 6.11. The smallest absolute Gasteiger partial charge is 0.0503 e. The molecule has 1 radical (unpaired) electrons. The fourth-order valence-corrected chi connectivity index (χ4v) is 2.97. The fraction of sp³-hybridized carbons (Fsp3) is 0.125. The molecule has 0 saturated carbocycles. The highest BCUT2D eigenvalue weighted by atomic mass is 14.6. The number of nitrogens with one attached hydrogen (secondary N) is 1. The van der Waals surface area contributed by atoms with Crippen molar-refractivity contribution in [1.29, 1.82) is 0 Å². The van der Waals surface area contributed by atoms with Gasteiger partial charge in [-0.3, -0.25) is 0 Å². The SMILES string of the molecule is [NH]C1CC=c2ccc3cccc4ccc1c2c43. The minimum Gasteiger partial charge on any atom is -0.249 e. The third-order valence-corrected chi connectivity index (χ3v) is 3.79. The Hall–Kier alpha value is -1.86. The van der Waals surface area contributed by atoms with Crippen molar-refractivity contribution in [3.05, 3.63) is 53.2 Å². The van der Waals surface area contributed by atoms with E-state index in [1.165, 1.54) is 32.3 Å². The van der Waals surface area contributed by atoms with Gasteiger partial charge in [-0.05, 0) is 38.7 Å². The second kappa shape index (κ2) is 3.08. The predicted molar refractivity (Wildman–Crippen MR) is 71.6 cm³/mol. The Balaban J connectivity index is 2.40. The van der Waals surface area contributed by atoms with Gasteiger partial charge in [0, 0.05) is 0 Å². The molecule has 17 heavy (non-hydrogen) atoms. The maximum atomic E-state index is 8.14. The number of rotatable bonds is 0. The van der Waals surface area contributed by atoms with E-state index in [4.69, 9.17) is 5.73 Å². The average Bonchev–Trinajstić information content (AvgIpc) is 2.38. The van der Waals surface area contributed by atoms with Crippen LogP contribution in [-0.4, -0.2) is 0 Å². The van der Waals surface area contributed by atoms with Crippen molar-refractivity contribution in [2.75, 3.05) is 0 Å². The maximum absolute atomic E-state index is 8.14. The molecule has 1 heteroatoms. The molecule has 0 bridgehead atoms. The Bertz CT molecular complexity index is 770. The topological polar surface area (TPSA) is 23.8 Å². The summed E-state index contributed by atoms with van der Waals surface area (Å²) in [5.74, 6) is 0. The fourth-order valence-electron chi connectivity index (χ4n) is 2.97. The summed E-state index contributed by atoms with van der Waals surface area (Å²) < 4.78 is 0. The lowest BCUT2D eigenvalue weighted by molar-refractivity contribution is 0.734. The van der Waals surface area contributed by atoms with E-state index in [9.17, 15) is 0 Å². The van der Waals surface area contributed by atoms with E-state index in [0.29, 0.717) is 0 Å². The summed E-state index contributed by atoms with van der Waals surface area (Å²) in [5.41, 5.74) is 9.33. The highest BCUT2D eigenvalue weighted by Gasteiger charge is 2.16. The van der Waals surface area contributed by atoms with E-state index < -0.39 is 0 Å². The van der Waals surface area contributed by atoms with Crippen molar-refractivity contribution < 1.29 is 0 Å². The standard InChI is InChI=1S/C16H12N/c17-14-9-7-12-5-4-10-2-1-3-11-6-8-13(14)16(12)15(10)11/h1-8,14,17H,9H2. The van der Waals surface area contributed by atoms with Crippen LogP contribution in [0.2, 0.25) is 0 Å². The highest BCUT2D eigenvalue weighted by Crippen LogP contribution is 2.32. The van der Waals surface area contributed by atoms with E-state index in [-0.39, 0.29) is 6.04 Å². The molecular weight excluding hydrogens is 206 g/mol. The van der Waals surface area contributed by atoms with Gasteiger partial charge in [0.1, 0.15) is 0 Å². The molecule has 81 valence electrons. The van der Waals surface area contributed by atoms with Crippen LogP contribution >= 0.6 is 0 Å².